The van der Waals surface area contributed by atoms with E-state index in [1.807, 2.05) is 0 Å². The fourth-order valence-electron chi connectivity index (χ4n) is 1.25. The number of aromatic nitrogens is 1. The van der Waals surface area contributed by atoms with Gasteiger partial charge in [0.25, 0.3) is 5.91 Å². The molecule has 1 heterocycles. The number of aliphatic hydroxyl groups is 1. The van der Waals surface area contributed by atoms with Gasteiger partial charge in [0.15, 0.2) is 6.61 Å². The van der Waals surface area contributed by atoms with Crippen LogP contribution in [-0.4, -0.2) is 41.4 Å². The van der Waals surface area contributed by atoms with E-state index in [1.165, 1.54) is 12.1 Å². The van der Waals surface area contributed by atoms with Gasteiger partial charge < -0.3 is 15.2 Å². The first-order chi connectivity index (χ1) is 9.28. The third kappa shape index (κ3) is 6.37. The maximum Gasteiger partial charge on any atom is 0.422 e. The molecule has 1 unspecified atom stereocenters. The fourth-order valence-corrected chi connectivity index (χ4v) is 1.25. The van der Waals surface area contributed by atoms with Gasteiger partial charge in [-0.25, -0.2) is 4.98 Å². The second-order valence-corrected chi connectivity index (χ2v) is 4.18. The zero-order valence-corrected chi connectivity index (χ0v) is 10.8. The number of carbonyl (C=O) groups excluding carboxylic acids is 1. The number of hydrogen-bond donors (Lipinski definition) is 2. The Hall–Kier alpha value is -1.83. The number of hydrogen-bond acceptors (Lipinski definition) is 4. The minimum Gasteiger partial charge on any atom is -0.468 e. The summed E-state index contributed by atoms with van der Waals surface area (Å²) in [5.74, 6) is -0.622. The molecule has 0 aliphatic rings. The van der Waals surface area contributed by atoms with Crippen molar-refractivity contribution >= 4 is 5.91 Å². The highest BCUT2D eigenvalue weighted by molar-refractivity contribution is 5.93. The Balaban J connectivity index is 2.47. The van der Waals surface area contributed by atoms with Crippen molar-refractivity contribution in [2.24, 2.45) is 0 Å². The Morgan fingerprint density at radius 2 is 2.20 bits per heavy atom. The van der Waals surface area contributed by atoms with Crippen molar-refractivity contribution in [2.45, 2.75) is 25.6 Å². The van der Waals surface area contributed by atoms with Crippen LogP contribution in [0.25, 0.3) is 0 Å². The molecule has 1 aromatic heterocycles. The first kappa shape index (κ1) is 16.2. The van der Waals surface area contributed by atoms with Crippen molar-refractivity contribution in [1.29, 1.82) is 0 Å². The van der Waals surface area contributed by atoms with Gasteiger partial charge in [-0.2, -0.15) is 13.2 Å². The van der Waals surface area contributed by atoms with Crippen LogP contribution in [0.5, 0.6) is 5.88 Å². The number of rotatable bonds is 6. The number of nitrogens with one attached hydrogen (secondary N) is 1. The molecule has 0 aromatic carbocycles. The SMILES string of the molecule is CC(O)CCNC(=O)c1ccc(OCC(F)(F)F)nc1. The van der Waals surface area contributed by atoms with Crippen molar-refractivity contribution in [1.82, 2.24) is 10.3 Å². The van der Waals surface area contributed by atoms with Gasteiger partial charge in [0.05, 0.1) is 11.7 Å². The molecule has 0 bridgehead atoms. The number of amides is 1. The normalized spacial score (nSPS) is 12.8. The summed E-state index contributed by atoms with van der Waals surface area (Å²) in [7, 11) is 0. The lowest BCUT2D eigenvalue weighted by Crippen LogP contribution is -2.26. The summed E-state index contributed by atoms with van der Waals surface area (Å²) in [6.45, 7) is 0.462. The van der Waals surface area contributed by atoms with E-state index in [1.54, 1.807) is 6.92 Å². The summed E-state index contributed by atoms with van der Waals surface area (Å²) in [5.41, 5.74) is 0.204. The molecule has 1 amide bonds. The van der Waals surface area contributed by atoms with Gasteiger partial charge in [0, 0.05) is 18.8 Å². The molecule has 0 aliphatic heterocycles. The Morgan fingerprint density at radius 3 is 2.70 bits per heavy atom. The lowest BCUT2D eigenvalue weighted by molar-refractivity contribution is -0.154. The fraction of sp³-hybridized carbons (Fsp3) is 0.500. The zero-order valence-electron chi connectivity index (χ0n) is 10.8. The van der Waals surface area contributed by atoms with E-state index < -0.39 is 24.8 Å². The van der Waals surface area contributed by atoms with E-state index in [0.29, 0.717) is 13.0 Å². The van der Waals surface area contributed by atoms with E-state index in [0.717, 1.165) is 6.20 Å². The highest BCUT2D eigenvalue weighted by Gasteiger charge is 2.28. The summed E-state index contributed by atoms with van der Waals surface area (Å²) in [6, 6.07) is 2.51. The van der Waals surface area contributed by atoms with Gasteiger partial charge in [-0.3, -0.25) is 4.79 Å². The third-order valence-corrected chi connectivity index (χ3v) is 2.23. The van der Waals surface area contributed by atoms with Crippen molar-refractivity contribution < 1.29 is 27.8 Å². The van der Waals surface area contributed by atoms with Crippen molar-refractivity contribution in [2.75, 3.05) is 13.2 Å². The van der Waals surface area contributed by atoms with Gasteiger partial charge in [-0.15, -0.1) is 0 Å². The minimum atomic E-state index is -4.43. The number of alkyl halides is 3. The second kappa shape index (κ2) is 7.09. The van der Waals surface area contributed by atoms with Crippen molar-refractivity contribution in [3.8, 4) is 5.88 Å². The molecule has 112 valence electrons. The molecule has 1 atom stereocenters. The highest BCUT2D eigenvalue weighted by Crippen LogP contribution is 2.16. The van der Waals surface area contributed by atoms with Crippen LogP contribution in [0.15, 0.2) is 18.3 Å². The van der Waals surface area contributed by atoms with Gasteiger partial charge >= 0.3 is 6.18 Å². The summed E-state index contributed by atoms with van der Waals surface area (Å²) in [5, 5.41) is 11.6. The molecule has 0 saturated carbocycles. The first-order valence-electron chi connectivity index (χ1n) is 5.90. The van der Waals surface area contributed by atoms with E-state index >= 15 is 0 Å². The number of nitrogens with zero attached hydrogens (tertiary/aromatic N) is 1. The van der Waals surface area contributed by atoms with Crippen LogP contribution in [0.1, 0.15) is 23.7 Å². The first-order valence-corrected chi connectivity index (χ1v) is 5.90. The van der Waals surface area contributed by atoms with Gasteiger partial charge in [0.2, 0.25) is 5.88 Å². The third-order valence-electron chi connectivity index (χ3n) is 2.23. The van der Waals surface area contributed by atoms with Crippen molar-refractivity contribution in [3.05, 3.63) is 23.9 Å². The molecular formula is C12H15F3N2O3. The predicted molar refractivity (Wildman–Crippen MR) is 64.4 cm³/mol. The van der Waals surface area contributed by atoms with Crippen LogP contribution >= 0.6 is 0 Å². The molecule has 2 N–H and O–H groups in total. The molecule has 20 heavy (non-hydrogen) atoms. The van der Waals surface area contributed by atoms with Crippen molar-refractivity contribution in [3.63, 3.8) is 0 Å². The van der Waals surface area contributed by atoms with Crippen LogP contribution in [0.3, 0.4) is 0 Å². The van der Waals surface area contributed by atoms with Crippen LogP contribution in [0, 0.1) is 0 Å². The van der Waals surface area contributed by atoms with E-state index in [9.17, 15) is 18.0 Å². The number of halogens is 3. The summed E-state index contributed by atoms with van der Waals surface area (Å²) in [6.07, 6.45) is -3.42. The Labute approximate surface area is 113 Å². The lowest BCUT2D eigenvalue weighted by atomic mass is 10.2. The van der Waals surface area contributed by atoms with E-state index in [-0.39, 0.29) is 11.4 Å². The predicted octanol–water partition coefficient (Wildman–Crippen LogP) is 1.52. The second-order valence-electron chi connectivity index (χ2n) is 4.18. The number of aliphatic hydroxyl groups excluding tert-OH is 1. The molecule has 8 heteroatoms. The van der Waals surface area contributed by atoms with Crippen LogP contribution in [0.2, 0.25) is 0 Å². The van der Waals surface area contributed by atoms with E-state index in [4.69, 9.17) is 5.11 Å². The summed E-state index contributed by atoms with van der Waals surface area (Å²) >= 11 is 0. The molecule has 1 aromatic rings. The average molecular weight is 292 g/mol. The monoisotopic (exact) mass is 292 g/mol. The molecule has 5 nitrogen and oxygen atoms in total. The van der Waals surface area contributed by atoms with Gasteiger partial charge in [-0.05, 0) is 19.4 Å². The Bertz CT molecular complexity index is 433. The van der Waals surface area contributed by atoms with Gasteiger partial charge in [-0.1, -0.05) is 0 Å². The maximum absolute atomic E-state index is 11.9. The van der Waals surface area contributed by atoms with Crippen LogP contribution < -0.4 is 10.1 Å². The highest BCUT2D eigenvalue weighted by atomic mass is 19.4. The zero-order chi connectivity index (χ0) is 15.2. The summed E-state index contributed by atoms with van der Waals surface area (Å²) < 4.78 is 40.2. The molecule has 0 radical (unpaired) electrons. The maximum atomic E-state index is 11.9. The van der Waals surface area contributed by atoms with E-state index in [2.05, 4.69) is 15.0 Å². The van der Waals surface area contributed by atoms with Crippen LogP contribution in [0.4, 0.5) is 13.2 Å². The number of ether oxygens (including phenoxy) is 1. The quantitative estimate of drug-likeness (QED) is 0.834. The summed E-state index contributed by atoms with van der Waals surface area (Å²) in [4.78, 5) is 15.2. The Morgan fingerprint density at radius 1 is 1.50 bits per heavy atom. The Kier molecular flexibility index (Phi) is 5.75. The number of pyridine rings is 1. The molecule has 0 aliphatic carbocycles. The molecule has 0 saturated heterocycles. The van der Waals surface area contributed by atoms with Crippen LogP contribution in [-0.2, 0) is 0 Å². The number of carbonyl (C=O) groups is 1. The topological polar surface area (TPSA) is 71.5 Å². The lowest BCUT2D eigenvalue weighted by Gasteiger charge is -2.09. The molecular weight excluding hydrogens is 277 g/mol. The molecule has 0 fully saturated rings. The minimum absolute atomic E-state index is 0.204. The smallest absolute Gasteiger partial charge is 0.422 e. The largest absolute Gasteiger partial charge is 0.468 e. The average Bonchev–Trinajstić information content (AvgIpc) is 2.35. The molecule has 1 rings (SSSR count). The van der Waals surface area contributed by atoms with Gasteiger partial charge in [0.1, 0.15) is 0 Å². The molecule has 0 spiro atoms. The standard InChI is InChI=1S/C12H15F3N2O3/c1-8(18)4-5-16-11(19)9-2-3-10(17-6-9)20-7-12(13,14)15/h2-3,6,8,18H,4-5,7H2,1H3,(H,16,19).